The molecule has 1 aliphatic carbocycles. The molecule has 2 unspecified atom stereocenters. The molecule has 1 amide bonds. The average Bonchev–Trinajstić information content (AvgIpc) is 2.28. The van der Waals surface area contributed by atoms with E-state index in [9.17, 15) is 4.79 Å². The van der Waals surface area contributed by atoms with Crippen molar-refractivity contribution < 1.29 is 9.53 Å². The van der Waals surface area contributed by atoms with E-state index in [-0.39, 0.29) is 11.4 Å². The van der Waals surface area contributed by atoms with E-state index in [1.807, 2.05) is 0 Å². The van der Waals surface area contributed by atoms with E-state index in [1.165, 1.54) is 6.42 Å². The van der Waals surface area contributed by atoms with E-state index in [0.717, 1.165) is 45.3 Å². The number of hydrogen-bond donors (Lipinski definition) is 2. The van der Waals surface area contributed by atoms with Crippen LogP contribution in [0.15, 0.2) is 0 Å². The van der Waals surface area contributed by atoms with Gasteiger partial charge in [-0.3, -0.25) is 4.79 Å². The molecule has 2 fully saturated rings. The van der Waals surface area contributed by atoms with Crippen molar-refractivity contribution in [3.63, 3.8) is 0 Å². The molecule has 0 aromatic rings. The molecular formula is C14H26N2O2. The van der Waals surface area contributed by atoms with Crippen LogP contribution in [0.1, 0.15) is 51.9 Å². The first-order valence-electron chi connectivity index (χ1n) is 7.22. The number of amides is 1. The van der Waals surface area contributed by atoms with Crippen LogP contribution in [0.2, 0.25) is 0 Å². The van der Waals surface area contributed by atoms with Crippen LogP contribution in [0.25, 0.3) is 0 Å². The fourth-order valence-electron chi connectivity index (χ4n) is 3.11. The molecule has 0 spiro atoms. The van der Waals surface area contributed by atoms with E-state index in [2.05, 4.69) is 12.2 Å². The lowest BCUT2D eigenvalue weighted by atomic mass is 9.83. The highest BCUT2D eigenvalue weighted by Crippen LogP contribution is 2.26. The van der Waals surface area contributed by atoms with E-state index in [1.54, 1.807) is 0 Å². The zero-order valence-electron chi connectivity index (χ0n) is 11.4. The first-order valence-corrected chi connectivity index (χ1v) is 7.22. The second-order valence-corrected chi connectivity index (χ2v) is 6.22. The third kappa shape index (κ3) is 3.95. The molecule has 18 heavy (non-hydrogen) atoms. The topological polar surface area (TPSA) is 64.4 Å². The van der Waals surface area contributed by atoms with Gasteiger partial charge in [-0.05, 0) is 44.9 Å². The normalized spacial score (nSPS) is 31.9. The van der Waals surface area contributed by atoms with Crippen molar-refractivity contribution in [3.8, 4) is 0 Å². The summed E-state index contributed by atoms with van der Waals surface area (Å²) in [4.78, 5) is 12.1. The predicted molar refractivity (Wildman–Crippen MR) is 71.2 cm³/mol. The summed E-state index contributed by atoms with van der Waals surface area (Å²) in [5.74, 6) is 0.677. The Labute approximate surface area is 110 Å². The summed E-state index contributed by atoms with van der Waals surface area (Å²) in [6.07, 6.45) is 6.93. The van der Waals surface area contributed by atoms with Gasteiger partial charge in [0.05, 0.1) is 0 Å². The van der Waals surface area contributed by atoms with Crippen molar-refractivity contribution in [2.75, 3.05) is 13.2 Å². The van der Waals surface area contributed by atoms with E-state index in [0.29, 0.717) is 18.4 Å². The summed E-state index contributed by atoms with van der Waals surface area (Å²) in [7, 11) is 0. The van der Waals surface area contributed by atoms with Gasteiger partial charge < -0.3 is 15.8 Å². The number of rotatable bonds is 3. The van der Waals surface area contributed by atoms with Gasteiger partial charge in [-0.25, -0.2) is 0 Å². The minimum atomic E-state index is -0.0634. The zero-order chi connectivity index (χ0) is 13.0. The molecule has 3 N–H and O–H groups in total. The van der Waals surface area contributed by atoms with E-state index >= 15 is 0 Å². The summed E-state index contributed by atoms with van der Waals surface area (Å²) < 4.78 is 5.34. The summed E-state index contributed by atoms with van der Waals surface area (Å²) in [5.41, 5.74) is 5.90. The smallest absolute Gasteiger partial charge is 0.220 e. The summed E-state index contributed by atoms with van der Waals surface area (Å²) in [6, 6.07) is 0.301. The maximum Gasteiger partial charge on any atom is 0.220 e. The monoisotopic (exact) mass is 254 g/mol. The molecular weight excluding hydrogens is 228 g/mol. The van der Waals surface area contributed by atoms with Crippen LogP contribution in [0, 0.1) is 5.92 Å². The lowest BCUT2D eigenvalue weighted by Gasteiger charge is -2.35. The third-order valence-corrected chi connectivity index (χ3v) is 4.33. The van der Waals surface area contributed by atoms with E-state index < -0.39 is 0 Å². The minimum Gasteiger partial charge on any atom is -0.381 e. The fourth-order valence-corrected chi connectivity index (χ4v) is 3.11. The molecule has 1 aliphatic heterocycles. The molecule has 2 rings (SSSR count). The van der Waals surface area contributed by atoms with Crippen LogP contribution >= 0.6 is 0 Å². The third-order valence-electron chi connectivity index (χ3n) is 4.33. The first kappa shape index (κ1) is 13.8. The van der Waals surface area contributed by atoms with Gasteiger partial charge >= 0.3 is 0 Å². The van der Waals surface area contributed by atoms with Crippen LogP contribution in [0.5, 0.6) is 0 Å². The zero-order valence-corrected chi connectivity index (χ0v) is 11.4. The maximum atomic E-state index is 12.1. The van der Waals surface area contributed by atoms with Gasteiger partial charge in [0.15, 0.2) is 0 Å². The molecule has 104 valence electrons. The van der Waals surface area contributed by atoms with Gasteiger partial charge in [0.25, 0.3) is 0 Å². The highest BCUT2D eigenvalue weighted by Gasteiger charge is 2.30. The Morgan fingerprint density at radius 2 is 2.11 bits per heavy atom. The van der Waals surface area contributed by atoms with E-state index in [4.69, 9.17) is 10.5 Å². The van der Waals surface area contributed by atoms with Crippen LogP contribution in [-0.2, 0) is 9.53 Å². The standard InChI is InChI=1S/C14H26N2O2/c1-14(5-7-18-8-6-14)16-13(17)10-11-3-2-4-12(15)9-11/h11-12H,2-10,15H2,1H3,(H,16,17). The van der Waals surface area contributed by atoms with Gasteiger partial charge in [-0.15, -0.1) is 0 Å². The summed E-state index contributed by atoms with van der Waals surface area (Å²) >= 11 is 0. The number of carbonyl (C=O) groups is 1. The predicted octanol–water partition coefficient (Wildman–Crippen LogP) is 1.58. The van der Waals surface area contributed by atoms with Crippen LogP contribution in [-0.4, -0.2) is 30.7 Å². The van der Waals surface area contributed by atoms with Crippen LogP contribution < -0.4 is 11.1 Å². The second kappa shape index (κ2) is 6.02. The Hall–Kier alpha value is -0.610. The quantitative estimate of drug-likeness (QED) is 0.803. The molecule has 2 aliphatic rings. The molecule has 0 aromatic carbocycles. The molecule has 4 nitrogen and oxygen atoms in total. The van der Waals surface area contributed by atoms with Crippen molar-refractivity contribution in [3.05, 3.63) is 0 Å². The molecule has 0 bridgehead atoms. The number of nitrogens with one attached hydrogen (secondary N) is 1. The Morgan fingerprint density at radius 1 is 1.39 bits per heavy atom. The Bertz CT molecular complexity index is 288. The first-order chi connectivity index (χ1) is 8.57. The van der Waals surface area contributed by atoms with Crippen molar-refractivity contribution >= 4 is 5.91 Å². The summed E-state index contributed by atoms with van der Waals surface area (Å²) in [5, 5.41) is 3.20. The van der Waals surface area contributed by atoms with Crippen molar-refractivity contribution in [1.29, 1.82) is 0 Å². The van der Waals surface area contributed by atoms with Gasteiger partial charge in [-0.1, -0.05) is 6.42 Å². The Balaban J connectivity index is 1.77. The lowest BCUT2D eigenvalue weighted by Crippen LogP contribution is -2.50. The van der Waals surface area contributed by atoms with Gasteiger partial charge in [0.2, 0.25) is 5.91 Å². The lowest BCUT2D eigenvalue weighted by molar-refractivity contribution is -0.125. The van der Waals surface area contributed by atoms with Gasteiger partial charge in [0.1, 0.15) is 0 Å². The molecule has 1 saturated heterocycles. The van der Waals surface area contributed by atoms with Crippen LogP contribution in [0.3, 0.4) is 0 Å². The molecule has 4 heteroatoms. The average molecular weight is 254 g/mol. The number of nitrogens with two attached hydrogens (primary N) is 1. The van der Waals surface area contributed by atoms with Gasteiger partial charge in [-0.2, -0.15) is 0 Å². The maximum absolute atomic E-state index is 12.1. The number of ether oxygens (including phenoxy) is 1. The minimum absolute atomic E-state index is 0.0634. The second-order valence-electron chi connectivity index (χ2n) is 6.22. The highest BCUT2D eigenvalue weighted by atomic mass is 16.5. The largest absolute Gasteiger partial charge is 0.381 e. The van der Waals surface area contributed by atoms with Gasteiger partial charge in [0, 0.05) is 31.2 Å². The highest BCUT2D eigenvalue weighted by molar-refractivity contribution is 5.77. The van der Waals surface area contributed by atoms with Crippen molar-refractivity contribution in [1.82, 2.24) is 5.32 Å². The number of carbonyl (C=O) groups excluding carboxylic acids is 1. The molecule has 1 heterocycles. The Morgan fingerprint density at radius 3 is 2.78 bits per heavy atom. The fraction of sp³-hybridized carbons (Fsp3) is 0.929. The van der Waals surface area contributed by atoms with Crippen LogP contribution in [0.4, 0.5) is 0 Å². The molecule has 0 radical (unpaired) electrons. The summed E-state index contributed by atoms with van der Waals surface area (Å²) in [6.45, 7) is 3.64. The number of hydrogen-bond acceptors (Lipinski definition) is 3. The molecule has 2 atom stereocenters. The SMILES string of the molecule is CC1(NC(=O)CC2CCCC(N)C2)CCOCC1. The van der Waals surface area contributed by atoms with Crippen molar-refractivity contribution in [2.24, 2.45) is 11.7 Å². The van der Waals surface area contributed by atoms with Crippen molar-refractivity contribution in [2.45, 2.75) is 63.5 Å². The Kier molecular flexibility index (Phi) is 4.62. The molecule has 0 aromatic heterocycles. The molecule has 1 saturated carbocycles.